The second kappa shape index (κ2) is 6.03. The summed E-state index contributed by atoms with van der Waals surface area (Å²) in [5.74, 6) is 3.19. The van der Waals surface area contributed by atoms with Crippen LogP contribution < -0.4 is 5.73 Å². The highest BCUT2D eigenvalue weighted by atomic mass is 32.2. The maximum atomic E-state index is 5.78. The number of aromatic nitrogens is 2. The summed E-state index contributed by atoms with van der Waals surface area (Å²) in [6.07, 6.45) is 1.83. The molecule has 1 atom stereocenters. The van der Waals surface area contributed by atoms with Gasteiger partial charge in [0, 0.05) is 18.2 Å². The molecule has 0 radical (unpaired) electrons. The third-order valence-electron chi connectivity index (χ3n) is 1.91. The minimum atomic E-state index is 0.272. The first-order valence-electron chi connectivity index (χ1n) is 4.91. The zero-order valence-electron chi connectivity index (χ0n) is 8.69. The molecule has 0 spiro atoms. The van der Waals surface area contributed by atoms with Gasteiger partial charge in [0.25, 0.3) is 0 Å². The van der Waals surface area contributed by atoms with Crippen LogP contribution in [0.25, 0.3) is 0 Å². The van der Waals surface area contributed by atoms with Crippen LogP contribution in [-0.2, 0) is 12.2 Å². The summed E-state index contributed by atoms with van der Waals surface area (Å²) in [4.78, 5) is 4.21. The van der Waals surface area contributed by atoms with Crippen LogP contribution >= 0.6 is 11.8 Å². The fraction of sp³-hybridized carbons (Fsp3) is 0.778. The van der Waals surface area contributed by atoms with Gasteiger partial charge in [0.2, 0.25) is 5.89 Å². The molecule has 0 aliphatic heterocycles. The molecule has 4 nitrogen and oxygen atoms in total. The molecule has 0 saturated heterocycles. The van der Waals surface area contributed by atoms with E-state index in [1.54, 1.807) is 11.8 Å². The number of aryl methyl sites for hydroxylation is 1. The number of nitrogens with zero attached hydrogens (tertiary/aromatic N) is 2. The smallest absolute Gasteiger partial charge is 0.236 e. The fourth-order valence-corrected chi connectivity index (χ4v) is 1.86. The van der Waals surface area contributed by atoms with Crippen molar-refractivity contribution < 1.29 is 4.52 Å². The number of hydrogen-bond acceptors (Lipinski definition) is 5. The van der Waals surface area contributed by atoms with E-state index < -0.39 is 0 Å². The molecule has 2 N–H and O–H groups in total. The minimum absolute atomic E-state index is 0.272. The summed E-state index contributed by atoms with van der Waals surface area (Å²) in [7, 11) is 0. The third-order valence-corrected chi connectivity index (χ3v) is 3.02. The predicted octanol–water partition coefficient (Wildman–Crippen LogP) is 1.60. The van der Waals surface area contributed by atoms with Gasteiger partial charge in [0.15, 0.2) is 5.82 Å². The first-order chi connectivity index (χ1) is 6.76. The molecule has 80 valence electrons. The highest BCUT2D eigenvalue weighted by Crippen LogP contribution is 2.11. The van der Waals surface area contributed by atoms with Crippen molar-refractivity contribution in [1.82, 2.24) is 10.1 Å². The Balaban J connectivity index is 2.24. The molecule has 0 aliphatic rings. The van der Waals surface area contributed by atoms with E-state index in [0.717, 1.165) is 30.2 Å². The lowest BCUT2D eigenvalue weighted by atomic mass is 10.3. The van der Waals surface area contributed by atoms with Crippen LogP contribution in [0, 0.1) is 0 Å². The average Bonchev–Trinajstić information content (AvgIpc) is 2.65. The van der Waals surface area contributed by atoms with Crippen molar-refractivity contribution in [2.24, 2.45) is 5.73 Å². The third kappa shape index (κ3) is 3.67. The number of rotatable bonds is 6. The van der Waals surface area contributed by atoms with Gasteiger partial charge in [-0.1, -0.05) is 19.0 Å². The molecule has 0 saturated carbocycles. The van der Waals surface area contributed by atoms with Crippen molar-refractivity contribution in [2.45, 2.75) is 38.5 Å². The molecule has 0 amide bonds. The summed E-state index contributed by atoms with van der Waals surface area (Å²) < 4.78 is 5.05. The summed E-state index contributed by atoms with van der Waals surface area (Å²) in [5, 5.41) is 3.82. The normalized spacial score (nSPS) is 13.1. The van der Waals surface area contributed by atoms with Gasteiger partial charge < -0.3 is 10.3 Å². The largest absolute Gasteiger partial charge is 0.338 e. The molecule has 1 unspecified atom stereocenters. The van der Waals surface area contributed by atoms with E-state index in [1.165, 1.54) is 0 Å². The number of nitrogens with two attached hydrogens (primary N) is 1. The highest BCUT2D eigenvalue weighted by Gasteiger charge is 2.05. The van der Waals surface area contributed by atoms with Gasteiger partial charge in [-0.15, -0.1) is 0 Å². The van der Waals surface area contributed by atoms with E-state index >= 15 is 0 Å². The van der Waals surface area contributed by atoms with Crippen LogP contribution in [0.1, 0.15) is 32.0 Å². The summed E-state index contributed by atoms with van der Waals surface area (Å²) in [5.41, 5.74) is 5.78. The predicted molar refractivity (Wildman–Crippen MR) is 58.1 cm³/mol. The zero-order chi connectivity index (χ0) is 10.4. The molecular weight excluding hydrogens is 198 g/mol. The van der Waals surface area contributed by atoms with Crippen molar-refractivity contribution in [1.29, 1.82) is 0 Å². The van der Waals surface area contributed by atoms with Crippen LogP contribution in [0.3, 0.4) is 0 Å². The van der Waals surface area contributed by atoms with Gasteiger partial charge in [0.05, 0.1) is 5.75 Å². The van der Waals surface area contributed by atoms with Crippen LogP contribution in [0.15, 0.2) is 4.52 Å². The van der Waals surface area contributed by atoms with E-state index in [0.29, 0.717) is 5.89 Å². The average molecular weight is 215 g/mol. The fourth-order valence-electron chi connectivity index (χ4n) is 0.908. The van der Waals surface area contributed by atoms with Gasteiger partial charge in [-0.05, 0) is 6.42 Å². The van der Waals surface area contributed by atoms with Crippen molar-refractivity contribution >= 4 is 11.8 Å². The Bertz CT molecular complexity index is 264. The van der Waals surface area contributed by atoms with Crippen LogP contribution in [-0.4, -0.2) is 21.9 Å². The van der Waals surface area contributed by atoms with E-state index in [9.17, 15) is 0 Å². The molecule has 0 aliphatic carbocycles. The molecule has 5 heteroatoms. The Morgan fingerprint density at radius 2 is 2.29 bits per heavy atom. The quantitative estimate of drug-likeness (QED) is 0.781. The van der Waals surface area contributed by atoms with Gasteiger partial charge in [-0.2, -0.15) is 16.7 Å². The van der Waals surface area contributed by atoms with Gasteiger partial charge in [0.1, 0.15) is 0 Å². The Morgan fingerprint density at radius 1 is 1.50 bits per heavy atom. The molecule has 0 aromatic carbocycles. The number of thioether (sulfide) groups is 1. The molecule has 1 rings (SSSR count). The lowest BCUT2D eigenvalue weighted by Crippen LogP contribution is -2.21. The van der Waals surface area contributed by atoms with Gasteiger partial charge in [-0.3, -0.25) is 0 Å². The van der Waals surface area contributed by atoms with Crippen LogP contribution in [0.4, 0.5) is 0 Å². The van der Waals surface area contributed by atoms with Crippen LogP contribution in [0.5, 0.6) is 0 Å². The van der Waals surface area contributed by atoms with E-state index in [-0.39, 0.29) is 6.04 Å². The van der Waals surface area contributed by atoms with Crippen molar-refractivity contribution in [3.05, 3.63) is 11.7 Å². The molecular formula is C9H17N3OS. The highest BCUT2D eigenvalue weighted by molar-refractivity contribution is 7.98. The molecule has 1 aromatic heterocycles. The maximum Gasteiger partial charge on any atom is 0.236 e. The van der Waals surface area contributed by atoms with E-state index in [2.05, 4.69) is 17.1 Å². The van der Waals surface area contributed by atoms with E-state index in [1.807, 2.05) is 6.92 Å². The van der Waals surface area contributed by atoms with Crippen molar-refractivity contribution in [3.63, 3.8) is 0 Å². The summed E-state index contributed by atoms with van der Waals surface area (Å²) in [6, 6.07) is 0.272. The monoisotopic (exact) mass is 215 g/mol. The first-order valence-corrected chi connectivity index (χ1v) is 6.06. The maximum absolute atomic E-state index is 5.78. The summed E-state index contributed by atoms with van der Waals surface area (Å²) in [6.45, 7) is 4.10. The van der Waals surface area contributed by atoms with Gasteiger partial charge >= 0.3 is 0 Å². The Morgan fingerprint density at radius 3 is 2.86 bits per heavy atom. The second-order valence-corrected chi connectivity index (χ2v) is 4.17. The second-order valence-electron chi connectivity index (χ2n) is 3.14. The minimum Gasteiger partial charge on any atom is -0.338 e. The summed E-state index contributed by atoms with van der Waals surface area (Å²) >= 11 is 1.74. The Labute approximate surface area is 88.6 Å². The van der Waals surface area contributed by atoms with Crippen LogP contribution in [0.2, 0.25) is 0 Å². The molecule has 1 aromatic rings. The molecule has 14 heavy (non-hydrogen) atoms. The lowest BCUT2D eigenvalue weighted by Gasteiger charge is -2.05. The molecule has 0 bridgehead atoms. The zero-order valence-corrected chi connectivity index (χ0v) is 9.51. The molecule has 0 fully saturated rings. The standard InChI is InChI=1S/C9H17N3OS/c1-3-7(10)5-14-6-9-11-8(4-2)12-13-9/h7H,3-6,10H2,1-2H3. The lowest BCUT2D eigenvalue weighted by molar-refractivity contribution is 0.385. The first kappa shape index (κ1) is 11.5. The SMILES string of the molecule is CCc1noc(CSCC(N)CC)n1. The topological polar surface area (TPSA) is 64.9 Å². The van der Waals surface area contributed by atoms with Gasteiger partial charge in [-0.25, -0.2) is 0 Å². The Hall–Kier alpha value is -0.550. The number of hydrogen-bond donors (Lipinski definition) is 1. The Kier molecular flexibility index (Phi) is 4.97. The van der Waals surface area contributed by atoms with E-state index in [4.69, 9.17) is 10.3 Å². The molecule has 1 heterocycles. The van der Waals surface area contributed by atoms with Crippen molar-refractivity contribution in [2.75, 3.05) is 5.75 Å². The van der Waals surface area contributed by atoms with Crippen molar-refractivity contribution in [3.8, 4) is 0 Å².